The molecule has 0 aliphatic heterocycles. The van der Waals surface area contributed by atoms with E-state index >= 15 is 0 Å². The Kier molecular flexibility index (Phi) is 3.04. The number of nitrogens with zero attached hydrogens (tertiary/aromatic N) is 3. The zero-order chi connectivity index (χ0) is 16.9. The Morgan fingerprint density at radius 2 is 1.75 bits per heavy atom. The molecular weight excluding hydrogens is 328 g/mol. The lowest BCUT2D eigenvalue weighted by Gasteiger charge is -2.03. The van der Waals surface area contributed by atoms with Crippen LogP contribution in [0.1, 0.15) is 0 Å². The fourth-order valence-electron chi connectivity index (χ4n) is 2.67. The second-order valence-electron chi connectivity index (χ2n) is 5.41. The standard InChI is InChI=1S/C16H12N4O3S/c1-24(22,23)13-9-5-3-7-11(13)14-18-15-10-6-2-4-8-12(10)17-16(21)20(15)19-14/h2-9H,1H3,(H,17,21). The smallest absolute Gasteiger partial charge is 0.305 e. The first kappa shape index (κ1) is 14.6. The van der Waals surface area contributed by atoms with Crippen molar-refractivity contribution in [2.24, 2.45) is 0 Å². The van der Waals surface area contributed by atoms with Crippen molar-refractivity contribution in [3.05, 3.63) is 59.0 Å². The fraction of sp³-hybridized carbons (Fsp3) is 0.0625. The zero-order valence-corrected chi connectivity index (χ0v) is 13.4. The fourth-order valence-corrected chi connectivity index (χ4v) is 3.56. The molecule has 24 heavy (non-hydrogen) atoms. The van der Waals surface area contributed by atoms with Crippen molar-refractivity contribution in [1.29, 1.82) is 0 Å². The molecule has 0 unspecified atom stereocenters. The summed E-state index contributed by atoms with van der Waals surface area (Å²) in [6.07, 6.45) is 1.13. The van der Waals surface area contributed by atoms with Crippen molar-refractivity contribution < 1.29 is 8.42 Å². The minimum Gasteiger partial charge on any atom is -0.305 e. The van der Waals surface area contributed by atoms with Crippen molar-refractivity contribution in [2.45, 2.75) is 4.90 Å². The number of nitrogens with one attached hydrogen (secondary N) is 1. The first-order valence-electron chi connectivity index (χ1n) is 7.12. The summed E-state index contributed by atoms with van der Waals surface area (Å²) in [6, 6.07) is 13.7. The molecular formula is C16H12N4O3S. The third-order valence-electron chi connectivity index (χ3n) is 3.74. The number of aromatic nitrogens is 4. The molecule has 0 radical (unpaired) electrons. The van der Waals surface area contributed by atoms with E-state index in [4.69, 9.17) is 0 Å². The monoisotopic (exact) mass is 340 g/mol. The SMILES string of the molecule is CS(=O)(=O)c1ccccc1-c1nc2c3ccccc3[nH]c(=O)n2n1. The number of H-pyrrole nitrogens is 1. The maximum atomic E-state index is 12.2. The molecule has 2 aromatic carbocycles. The Balaban J connectivity index is 2.09. The quantitative estimate of drug-likeness (QED) is 0.598. The lowest BCUT2D eigenvalue weighted by atomic mass is 10.2. The van der Waals surface area contributed by atoms with Gasteiger partial charge in [-0.3, -0.25) is 0 Å². The maximum Gasteiger partial charge on any atom is 0.348 e. The number of fused-ring (bicyclic) bond motifs is 3. The van der Waals surface area contributed by atoms with E-state index in [1.54, 1.807) is 24.3 Å². The summed E-state index contributed by atoms with van der Waals surface area (Å²) >= 11 is 0. The van der Waals surface area contributed by atoms with Gasteiger partial charge in [0.25, 0.3) is 0 Å². The van der Waals surface area contributed by atoms with Crippen LogP contribution in [0.15, 0.2) is 58.2 Å². The van der Waals surface area contributed by atoms with Crippen LogP contribution in [0.25, 0.3) is 27.9 Å². The van der Waals surface area contributed by atoms with Gasteiger partial charge in [0, 0.05) is 17.2 Å². The van der Waals surface area contributed by atoms with Crippen LogP contribution in [0, 0.1) is 0 Å². The summed E-state index contributed by atoms with van der Waals surface area (Å²) in [5.74, 6) is 0.192. The van der Waals surface area contributed by atoms with Crippen LogP contribution in [0.2, 0.25) is 0 Å². The molecule has 0 saturated heterocycles. The van der Waals surface area contributed by atoms with Gasteiger partial charge < -0.3 is 4.98 Å². The van der Waals surface area contributed by atoms with E-state index in [2.05, 4.69) is 15.1 Å². The second-order valence-corrected chi connectivity index (χ2v) is 7.40. The summed E-state index contributed by atoms with van der Waals surface area (Å²) in [5.41, 5.74) is 0.962. The first-order chi connectivity index (χ1) is 11.4. The largest absolute Gasteiger partial charge is 0.348 e. The van der Waals surface area contributed by atoms with Crippen LogP contribution < -0.4 is 5.69 Å². The van der Waals surface area contributed by atoms with Gasteiger partial charge in [0.1, 0.15) is 0 Å². The minimum atomic E-state index is -3.45. The number of hydrogen-bond donors (Lipinski definition) is 1. The van der Waals surface area contributed by atoms with Crippen LogP contribution >= 0.6 is 0 Å². The number of aromatic amines is 1. The van der Waals surface area contributed by atoms with Crippen molar-refractivity contribution >= 4 is 26.4 Å². The normalized spacial score (nSPS) is 12.0. The third-order valence-corrected chi connectivity index (χ3v) is 4.89. The molecule has 4 aromatic rings. The van der Waals surface area contributed by atoms with Gasteiger partial charge >= 0.3 is 5.69 Å². The van der Waals surface area contributed by atoms with E-state index in [0.29, 0.717) is 16.7 Å². The summed E-state index contributed by atoms with van der Waals surface area (Å²) in [5, 5.41) is 4.93. The lowest BCUT2D eigenvalue weighted by molar-refractivity contribution is 0.602. The van der Waals surface area contributed by atoms with E-state index in [0.717, 1.165) is 16.2 Å². The van der Waals surface area contributed by atoms with Gasteiger partial charge in [0.15, 0.2) is 21.3 Å². The average Bonchev–Trinajstić information content (AvgIpc) is 3.00. The number of benzene rings is 2. The van der Waals surface area contributed by atoms with Crippen molar-refractivity contribution in [1.82, 2.24) is 19.6 Å². The summed E-state index contributed by atoms with van der Waals surface area (Å²) in [4.78, 5) is 19.5. The lowest BCUT2D eigenvalue weighted by Crippen LogP contribution is -2.17. The van der Waals surface area contributed by atoms with Gasteiger partial charge in [-0.15, -0.1) is 5.10 Å². The molecule has 0 atom stereocenters. The highest BCUT2D eigenvalue weighted by atomic mass is 32.2. The molecule has 0 amide bonds. The predicted octanol–water partition coefficient (Wildman–Crippen LogP) is 1.64. The van der Waals surface area contributed by atoms with Crippen molar-refractivity contribution in [3.63, 3.8) is 0 Å². The Bertz CT molecular complexity index is 1260. The number of rotatable bonds is 2. The maximum absolute atomic E-state index is 12.2. The number of sulfone groups is 1. The Hall–Kier alpha value is -3.00. The Morgan fingerprint density at radius 3 is 2.54 bits per heavy atom. The molecule has 0 spiro atoms. The average molecular weight is 340 g/mol. The first-order valence-corrected chi connectivity index (χ1v) is 9.01. The van der Waals surface area contributed by atoms with E-state index in [1.807, 2.05) is 18.2 Å². The van der Waals surface area contributed by atoms with Crippen molar-refractivity contribution in [3.8, 4) is 11.4 Å². The minimum absolute atomic E-state index is 0.127. The van der Waals surface area contributed by atoms with Gasteiger partial charge in [-0.2, -0.15) is 4.52 Å². The molecule has 0 aliphatic rings. The zero-order valence-electron chi connectivity index (χ0n) is 12.6. The van der Waals surface area contributed by atoms with Gasteiger partial charge in [-0.1, -0.05) is 24.3 Å². The van der Waals surface area contributed by atoms with Gasteiger partial charge in [0.2, 0.25) is 0 Å². The second kappa shape index (κ2) is 5.00. The van der Waals surface area contributed by atoms with E-state index in [9.17, 15) is 13.2 Å². The van der Waals surface area contributed by atoms with E-state index in [1.165, 1.54) is 6.07 Å². The number of hydrogen-bond acceptors (Lipinski definition) is 5. The van der Waals surface area contributed by atoms with Gasteiger partial charge in [0.05, 0.1) is 10.4 Å². The molecule has 0 bridgehead atoms. The van der Waals surface area contributed by atoms with Crippen LogP contribution in [-0.2, 0) is 9.84 Å². The highest BCUT2D eigenvalue weighted by Crippen LogP contribution is 2.26. The molecule has 2 heterocycles. The number of para-hydroxylation sites is 1. The van der Waals surface area contributed by atoms with Gasteiger partial charge in [-0.25, -0.2) is 18.2 Å². The molecule has 1 N–H and O–H groups in total. The molecule has 0 saturated carbocycles. The third kappa shape index (κ3) is 2.19. The van der Waals surface area contributed by atoms with Crippen LogP contribution in [0.5, 0.6) is 0 Å². The molecule has 2 aromatic heterocycles. The van der Waals surface area contributed by atoms with Crippen LogP contribution in [-0.4, -0.2) is 34.3 Å². The van der Waals surface area contributed by atoms with Crippen LogP contribution in [0.4, 0.5) is 0 Å². The molecule has 0 aliphatic carbocycles. The Morgan fingerprint density at radius 1 is 1.04 bits per heavy atom. The van der Waals surface area contributed by atoms with E-state index < -0.39 is 15.5 Å². The predicted molar refractivity (Wildman–Crippen MR) is 89.7 cm³/mol. The molecule has 120 valence electrons. The Labute approximate surface area is 136 Å². The van der Waals surface area contributed by atoms with E-state index in [-0.39, 0.29) is 10.7 Å². The van der Waals surface area contributed by atoms with Gasteiger partial charge in [-0.05, 0) is 24.3 Å². The molecule has 4 rings (SSSR count). The highest BCUT2D eigenvalue weighted by Gasteiger charge is 2.19. The summed E-state index contributed by atoms with van der Waals surface area (Å²) in [7, 11) is -3.45. The highest BCUT2D eigenvalue weighted by molar-refractivity contribution is 7.90. The molecule has 7 nitrogen and oxygen atoms in total. The molecule has 8 heteroatoms. The summed E-state index contributed by atoms with van der Waals surface area (Å²) in [6.45, 7) is 0. The summed E-state index contributed by atoms with van der Waals surface area (Å²) < 4.78 is 25.1. The molecule has 0 fully saturated rings. The van der Waals surface area contributed by atoms with Crippen LogP contribution in [0.3, 0.4) is 0 Å². The van der Waals surface area contributed by atoms with Crippen molar-refractivity contribution in [2.75, 3.05) is 6.26 Å². The topological polar surface area (TPSA) is 97.2 Å².